The van der Waals surface area contributed by atoms with Gasteiger partial charge in [-0.05, 0) is 60.6 Å². The Morgan fingerprint density at radius 1 is 1.03 bits per heavy atom. The number of carbonyl (C=O) groups excluding carboxylic acids is 1. The Balaban J connectivity index is 1.47. The van der Waals surface area contributed by atoms with Crippen molar-refractivity contribution in [1.29, 1.82) is 0 Å². The standard InChI is InChI=1S/C23H29N3O3/c1-16-6-9-25(10-7-16)23(27)18-4-5-22(24-14-18)26-11-8-17-12-20(28-2)21(29-3)13-19(17)15-26/h4-5,12-14,16H,6-11,15H2,1-3H3. The summed E-state index contributed by atoms with van der Waals surface area (Å²) in [5.74, 6) is 3.22. The van der Waals surface area contributed by atoms with Gasteiger partial charge in [0.15, 0.2) is 11.5 Å². The number of amides is 1. The van der Waals surface area contributed by atoms with Crippen LogP contribution in [0, 0.1) is 5.92 Å². The van der Waals surface area contributed by atoms with Crippen LogP contribution in [-0.2, 0) is 13.0 Å². The number of likely N-dealkylation sites (tertiary alicyclic amines) is 1. The van der Waals surface area contributed by atoms with Gasteiger partial charge >= 0.3 is 0 Å². The van der Waals surface area contributed by atoms with Crippen LogP contribution in [0.3, 0.4) is 0 Å². The number of hydrogen-bond acceptors (Lipinski definition) is 5. The van der Waals surface area contributed by atoms with Crippen LogP contribution >= 0.6 is 0 Å². The third-order valence-corrected chi connectivity index (χ3v) is 6.11. The normalized spacial score (nSPS) is 17.1. The second kappa shape index (κ2) is 8.31. The highest BCUT2D eigenvalue weighted by atomic mass is 16.5. The fourth-order valence-electron chi connectivity index (χ4n) is 4.17. The number of aromatic nitrogens is 1. The molecule has 6 heteroatoms. The van der Waals surface area contributed by atoms with Gasteiger partial charge in [0, 0.05) is 32.4 Å². The molecule has 0 saturated carbocycles. The highest BCUT2D eigenvalue weighted by molar-refractivity contribution is 5.94. The van der Waals surface area contributed by atoms with Crippen molar-refractivity contribution < 1.29 is 14.3 Å². The fourth-order valence-corrected chi connectivity index (χ4v) is 4.17. The summed E-state index contributed by atoms with van der Waals surface area (Å²) in [6, 6.07) is 7.99. The summed E-state index contributed by atoms with van der Waals surface area (Å²) < 4.78 is 10.9. The van der Waals surface area contributed by atoms with Crippen molar-refractivity contribution in [3.8, 4) is 11.5 Å². The van der Waals surface area contributed by atoms with Gasteiger partial charge in [-0.15, -0.1) is 0 Å². The monoisotopic (exact) mass is 395 g/mol. The third-order valence-electron chi connectivity index (χ3n) is 6.11. The lowest BCUT2D eigenvalue weighted by atomic mass is 9.98. The lowest BCUT2D eigenvalue weighted by Gasteiger charge is -2.31. The van der Waals surface area contributed by atoms with Gasteiger partial charge < -0.3 is 19.3 Å². The number of anilines is 1. The number of benzene rings is 1. The number of nitrogens with zero attached hydrogens (tertiary/aromatic N) is 3. The molecule has 1 aromatic heterocycles. The van der Waals surface area contributed by atoms with E-state index >= 15 is 0 Å². The largest absolute Gasteiger partial charge is 0.493 e. The van der Waals surface area contributed by atoms with Gasteiger partial charge in [-0.25, -0.2) is 4.98 Å². The van der Waals surface area contributed by atoms with Crippen molar-refractivity contribution in [2.75, 3.05) is 38.8 Å². The van der Waals surface area contributed by atoms with Crippen LogP contribution in [0.4, 0.5) is 5.82 Å². The molecule has 154 valence electrons. The van der Waals surface area contributed by atoms with Gasteiger partial charge in [0.2, 0.25) is 0 Å². The third kappa shape index (κ3) is 4.02. The Kier molecular flexibility index (Phi) is 5.60. The molecule has 0 radical (unpaired) electrons. The first kappa shape index (κ1) is 19.6. The van der Waals surface area contributed by atoms with E-state index in [0.29, 0.717) is 11.5 Å². The van der Waals surface area contributed by atoms with E-state index in [4.69, 9.17) is 9.47 Å². The Morgan fingerprint density at radius 2 is 1.72 bits per heavy atom. The van der Waals surface area contributed by atoms with Gasteiger partial charge in [0.1, 0.15) is 5.82 Å². The Bertz CT molecular complexity index is 874. The van der Waals surface area contributed by atoms with Gasteiger partial charge in [-0.1, -0.05) is 6.92 Å². The van der Waals surface area contributed by atoms with Gasteiger partial charge in [-0.3, -0.25) is 4.79 Å². The molecule has 3 heterocycles. The van der Waals surface area contributed by atoms with Crippen LogP contribution < -0.4 is 14.4 Å². The first-order chi connectivity index (χ1) is 14.1. The van der Waals surface area contributed by atoms with E-state index in [1.54, 1.807) is 20.4 Å². The zero-order valence-electron chi connectivity index (χ0n) is 17.5. The van der Waals surface area contributed by atoms with Crippen molar-refractivity contribution in [3.05, 3.63) is 47.2 Å². The molecule has 4 rings (SSSR count). The van der Waals surface area contributed by atoms with E-state index in [1.807, 2.05) is 17.0 Å². The summed E-state index contributed by atoms with van der Waals surface area (Å²) in [7, 11) is 3.32. The van der Waals surface area contributed by atoms with E-state index in [-0.39, 0.29) is 5.91 Å². The number of carbonyl (C=O) groups is 1. The van der Waals surface area contributed by atoms with Crippen molar-refractivity contribution >= 4 is 11.7 Å². The minimum absolute atomic E-state index is 0.0942. The average molecular weight is 396 g/mol. The zero-order valence-corrected chi connectivity index (χ0v) is 17.5. The number of fused-ring (bicyclic) bond motifs is 1. The molecule has 1 fully saturated rings. The molecule has 1 amide bonds. The Hall–Kier alpha value is -2.76. The molecule has 29 heavy (non-hydrogen) atoms. The second-order valence-electron chi connectivity index (χ2n) is 8.03. The van der Waals surface area contributed by atoms with E-state index in [1.165, 1.54) is 11.1 Å². The average Bonchev–Trinajstić information content (AvgIpc) is 2.78. The molecular formula is C23H29N3O3. The summed E-state index contributed by atoms with van der Waals surface area (Å²) in [5.41, 5.74) is 3.18. The number of pyridine rings is 1. The van der Waals surface area contributed by atoms with Crippen LogP contribution in [-0.4, -0.2) is 49.6 Å². The predicted molar refractivity (Wildman–Crippen MR) is 113 cm³/mol. The highest BCUT2D eigenvalue weighted by Gasteiger charge is 2.23. The molecule has 2 aliphatic rings. The smallest absolute Gasteiger partial charge is 0.255 e. The molecule has 0 aliphatic carbocycles. The second-order valence-corrected chi connectivity index (χ2v) is 8.03. The molecule has 1 saturated heterocycles. The van der Waals surface area contributed by atoms with Gasteiger partial charge in [0.05, 0.1) is 19.8 Å². The number of piperidine rings is 1. The van der Waals surface area contributed by atoms with E-state index in [2.05, 4.69) is 28.9 Å². The topological polar surface area (TPSA) is 54.9 Å². The molecule has 1 aromatic carbocycles. The van der Waals surface area contributed by atoms with Crippen molar-refractivity contribution in [1.82, 2.24) is 9.88 Å². The summed E-state index contributed by atoms with van der Waals surface area (Å²) in [4.78, 5) is 21.5. The first-order valence-corrected chi connectivity index (χ1v) is 10.3. The predicted octanol–water partition coefficient (Wildman–Crippen LogP) is 3.53. The maximum Gasteiger partial charge on any atom is 0.255 e. The summed E-state index contributed by atoms with van der Waals surface area (Å²) in [6.07, 6.45) is 4.81. The quantitative estimate of drug-likeness (QED) is 0.793. The summed E-state index contributed by atoms with van der Waals surface area (Å²) >= 11 is 0. The molecule has 0 atom stereocenters. The van der Waals surface area contributed by atoms with Crippen molar-refractivity contribution in [2.24, 2.45) is 5.92 Å². The lowest BCUT2D eigenvalue weighted by Crippen LogP contribution is -2.38. The van der Waals surface area contributed by atoms with E-state index in [9.17, 15) is 4.79 Å². The molecule has 2 aromatic rings. The zero-order chi connectivity index (χ0) is 20.4. The van der Waals surface area contributed by atoms with Crippen LogP contribution in [0.1, 0.15) is 41.3 Å². The van der Waals surface area contributed by atoms with E-state index in [0.717, 1.165) is 62.8 Å². The minimum Gasteiger partial charge on any atom is -0.493 e. The highest BCUT2D eigenvalue weighted by Crippen LogP contribution is 2.34. The first-order valence-electron chi connectivity index (χ1n) is 10.3. The number of methoxy groups -OCH3 is 2. The molecular weight excluding hydrogens is 366 g/mol. The van der Waals surface area contributed by atoms with Crippen molar-refractivity contribution in [3.63, 3.8) is 0 Å². The van der Waals surface area contributed by atoms with Gasteiger partial charge in [-0.2, -0.15) is 0 Å². The van der Waals surface area contributed by atoms with Crippen molar-refractivity contribution in [2.45, 2.75) is 32.7 Å². The van der Waals surface area contributed by atoms with Crippen LogP contribution in [0.15, 0.2) is 30.5 Å². The van der Waals surface area contributed by atoms with Crippen LogP contribution in [0.25, 0.3) is 0 Å². The summed E-state index contributed by atoms with van der Waals surface area (Å²) in [6.45, 7) is 5.58. The molecule has 0 N–H and O–H groups in total. The number of hydrogen-bond donors (Lipinski definition) is 0. The maximum atomic E-state index is 12.7. The molecule has 0 unspecified atom stereocenters. The van der Waals surface area contributed by atoms with E-state index < -0.39 is 0 Å². The lowest BCUT2D eigenvalue weighted by molar-refractivity contribution is 0.0697. The van der Waals surface area contributed by atoms with Crippen LogP contribution in [0.2, 0.25) is 0 Å². The number of ether oxygens (including phenoxy) is 2. The molecule has 0 spiro atoms. The fraction of sp³-hybridized carbons (Fsp3) is 0.478. The van der Waals surface area contributed by atoms with Gasteiger partial charge in [0.25, 0.3) is 5.91 Å². The maximum absolute atomic E-state index is 12.7. The minimum atomic E-state index is 0.0942. The SMILES string of the molecule is COc1cc2c(cc1OC)CN(c1ccc(C(=O)N3CCC(C)CC3)cn1)CC2. The molecule has 2 aliphatic heterocycles. The summed E-state index contributed by atoms with van der Waals surface area (Å²) in [5, 5.41) is 0. The Morgan fingerprint density at radius 3 is 2.34 bits per heavy atom. The number of rotatable bonds is 4. The molecule has 0 bridgehead atoms. The molecule has 6 nitrogen and oxygen atoms in total. The Labute approximate surface area is 172 Å². The van der Waals surface area contributed by atoms with Crippen LogP contribution in [0.5, 0.6) is 11.5 Å².